The summed E-state index contributed by atoms with van der Waals surface area (Å²) in [5.74, 6) is 0.104. The Morgan fingerprint density at radius 2 is 1.54 bits per heavy atom. The molecular weight excluding hydrogens is 378 g/mol. The lowest BCUT2D eigenvalue weighted by atomic mass is 10.0. The minimum absolute atomic E-state index is 0.104. The van der Waals surface area contributed by atoms with Crippen LogP contribution in [0.25, 0.3) is 0 Å². The van der Waals surface area contributed by atoms with E-state index in [4.69, 9.17) is 4.74 Å². The molecule has 1 N–H and O–H groups in total. The van der Waals surface area contributed by atoms with Gasteiger partial charge in [0.1, 0.15) is 13.1 Å². The van der Waals surface area contributed by atoms with Gasteiger partial charge < -0.3 is 14.5 Å². The van der Waals surface area contributed by atoms with Gasteiger partial charge in [0.05, 0.1) is 18.1 Å². The van der Waals surface area contributed by atoms with Crippen LogP contribution in [0.1, 0.15) is 22.3 Å². The van der Waals surface area contributed by atoms with Gasteiger partial charge in [0.2, 0.25) is 10.0 Å². The minimum Gasteiger partial charge on any atom is -0.370 e. The smallest absolute Gasteiger partial charge is 0.277 e. The maximum atomic E-state index is 13.3. The van der Waals surface area contributed by atoms with E-state index >= 15 is 0 Å². The number of nitrogens with one attached hydrogen (secondary N) is 1. The van der Waals surface area contributed by atoms with Gasteiger partial charge in [-0.25, -0.2) is 8.42 Å². The quantitative estimate of drug-likeness (QED) is 0.738. The Bertz CT molecular complexity index is 813. The van der Waals surface area contributed by atoms with Crippen molar-refractivity contribution in [2.45, 2.75) is 32.6 Å². The first-order valence-corrected chi connectivity index (χ1v) is 11.4. The number of ether oxygens (including phenoxy) is 1. The molecule has 156 valence electrons. The van der Waals surface area contributed by atoms with E-state index < -0.39 is 10.0 Å². The molecule has 1 aromatic carbocycles. The first-order chi connectivity index (χ1) is 13.2. The third-order valence-corrected chi connectivity index (χ3v) is 8.26. The SMILES string of the molecule is Cc1cc(C)c(C)c(S(=O)(=O)N2CCN(C(=O)C[NH+]3CCOCC3)CC2)c1C. The highest BCUT2D eigenvalue weighted by Crippen LogP contribution is 2.29. The van der Waals surface area contributed by atoms with Crippen LogP contribution in [-0.4, -0.2) is 82.6 Å². The predicted octanol–water partition coefficient (Wildman–Crippen LogP) is -0.332. The van der Waals surface area contributed by atoms with Crippen LogP contribution < -0.4 is 4.90 Å². The first-order valence-electron chi connectivity index (χ1n) is 9.98. The number of rotatable bonds is 4. The molecule has 0 saturated carbocycles. The highest BCUT2D eigenvalue weighted by molar-refractivity contribution is 7.89. The molecule has 0 aliphatic carbocycles. The normalized spacial score (nSPS) is 19.8. The summed E-state index contributed by atoms with van der Waals surface area (Å²) in [7, 11) is -3.57. The van der Waals surface area contributed by atoms with Crippen molar-refractivity contribution in [3.8, 4) is 0 Å². The molecule has 2 heterocycles. The van der Waals surface area contributed by atoms with Crippen molar-refractivity contribution in [2.75, 3.05) is 59.0 Å². The van der Waals surface area contributed by atoms with E-state index in [9.17, 15) is 13.2 Å². The average Bonchev–Trinajstić information content (AvgIpc) is 2.67. The summed E-state index contributed by atoms with van der Waals surface area (Å²) < 4.78 is 33.5. The Labute approximate surface area is 168 Å². The molecule has 1 amide bonds. The Balaban J connectivity index is 1.68. The largest absolute Gasteiger partial charge is 0.370 e. The fourth-order valence-corrected chi connectivity index (χ4v) is 6.04. The lowest BCUT2D eigenvalue weighted by Gasteiger charge is -2.35. The molecule has 7 nitrogen and oxygen atoms in total. The number of morpholine rings is 1. The number of hydrogen-bond donors (Lipinski definition) is 1. The lowest BCUT2D eigenvalue weighted by Crippen LogP contribution is -3.15. The second-order valence-electron chi connectivity index (χ2n) is 7.91. The number of piperazine rings is 1. The van der Waals surface area contributed by atoms with Gasteiger partial charge in [0.15, 0.2) is 6.54 Å². The van der Waals surface area contributed by atoms with E-state index in [2.05, 4.69) is 0 Å². The number of carbonyl (C=O) groups excluding carboxylic acids is 1. The summed E-state index contributed by atoms with van der Waals surface area (Å²) in [6, 6.07) is 2.04. The van der Waals surface area contributed by atoms with E-state index in [1.807, 2.05) is 33.8 Å². The fraction of sp³-hybridized carbons (Fsp3) is 0.650. The predicted molar refractivity (Wildman–Crippen MR) is 107 cm³/mol. The summed E-state index contributed by atoms with van der Waals surface area (Å²) in [6.07, 6.45) is 0. The standard InChI is InChI=1S/C20H31N3O4S/c1-15-13-16(2)18(4)20(17(15)3)28(25,26)23-7-5-22(6-8-23)19(24)14-21-9-11-27-12-10-21/h13H,5-12,14H2,1-4H3/p+1. The number of sulfonamides is 1. The maximum absolute atomic E-state index is 13.3. The van der Waals surface area contributed by atoms with E-state index in [0.29, 0.717) is 50.8 Å². The zero-order valence-electron chi connectivity index (χ0n) is 17.4. The monoisotopic (exact) mass is 410 g/mol. The lowest BCUT2D eigenvalue weighted by molar-refractivity contribution is -0.900. The van der Waals surface area contributed by atoms with Crippen molar-refractivity contribution >= 4 is 15.9 Å². The molecule has 0 radical (unpaired) electrons. The van der Waals surface area contributed by atoms with Crippen molar-refractivity contribution in [2.24, 2.45) is 0 Å². The summed E-state index contributed by atoms with van der Waals surface area (Å²) in [4.78, 5) is 16.1. The van der Waals surface area contributed by atoms with Crippen LogP contribution in [0, 0.1) is 27.7 Å². The highest BCUT2D eigenvalue weighted by atomic mass is 32.2. The van der Waals surface area contributed by atoms with Gasteiger partial charge in [-0.05, 0) is 49.9 Å². The molecule has 2 fully saturated rings. The Kier molecular flexibility index (Phi) is 6.44. The van der Waals surface area contributed by atoms with Crippen LogP contribution in [-0.2, 0) is 19.6 Å². The van der Waals surface area contributed by atoms with Crippen molar-refractivity contribution in [1.29, 1.82) is 0 Å². The van der Waals surface area contributed by atoms with E-state index in [-0.39, 0.29) is 5.91 Å². The number of hydrogen-bond acceptors (Lipinski definition) is 4. The molecule has 0 bridgehead atoms. The average molecular weight is 411 g/mol. The number of quaternary nitrogens is 1. The molecule has 1 aromatic rings. The zero-order chi connectivity index (χ0) is 20.5. The Morgan fingerprint density at radius 3 is 2.07 bits per heavy atom. The zero-order valence-corrected chi connectivity index (χ0v) is 18.2. The van der Waals surface area contributed by atoms with E-state index in [1.165, 1.54) is 9.21 Å². The summed E-state index contributed by atoms with van der Waals surface area (Å²) in [6.45, 7) is 12.8. The Morgan fingerprint density at radius 1 is 1.00 bits per heavy atom. The minimum atomic E-state index is -3.57. The second kappa shape index (κ2) is 8.49. The molecule has 3 rings (SSSR count). The van der Waals surface area contributed by atoms with Gasteiger partial charge in [-0.15, -0.1) is 0 Å². The van der Waals surface area contributed by atoms with Crippen molar-refractivity contribution in [3.63, 3.8) is 0 Å². The van der Waals surface area contributed by atoms with Crippen molar-refractivity contribution < 1.29 is 22.8 Å². The molecule has 2 aliphatic heterocycles. The van der Waals surface area contributed by atoms with Gasteiger partial charge in [0.25, 0.3) is 5.91 Å². The van der Waals surface area contributed by atoms with Crippen LogP contribution in [0.4, 0.5) is 0 Å². The summed E-state index contributed by atoms with van der Waals surface area (Å²) in [5, 5.41) is 0. The molecule has 2 aliphatic rings. The molecule has 2 saturated heterocycles. The van der Waals surface area contributed by atoms with Gasteiger partial charge in [-0.2, -0.15) is 4.31 Å². The molecule has 0 unspecified atom stereocenters. The van der Waals surface area contributed by atoms with Gasteiger partial charge in [-0.1, -0.05) is 6.07 Å². The summed E-state index contributed by atoms with van der Waals surface area (Å²) in [5.41, 5.74) is 3.61. The third-order valence-electron chi connectivity index (χ3n) is 6.09. The van der Waals surface area contributed by atoms with Crippen LogP contribution in [0.5, 0.6) is 0 Å². The summed E-state index contributed by atoms with van der Waals surface area (Å²) >= 11 is 0. The molecule has 28 heavy (non-hydrogen) atoms. The number of aryl methyl sites for hydroxylation is 2. The topological polar surface area (TPSA) is 71.4 Å². The van der Waals surface area contributed by atoms with E-state index in [1.54, 1.807) is 4.90 Å². The van der Waals surface area contributed by atoms with Crippen molar-refractivity contribution in [3.05, 3.63) is 28.3 Å². The van der Waals surface area contributed by atoms with Crippen LogP contribution in [0.3, 0.4) is 0 Å². The number of benzene rings is 1. The van der Waals surface area contributed by atoms with Gasteiger partial charge in [0, 0.05) is 26.2 Å². The molecule has 0 spiro atoms. The molecular formula is C20H32N3O4S+. The molecule has 8 heteroatoms. The number of carbonyl (C=O) groups is 1. The van der Waals surface area contributed by atoms with Crippen molar-refractivity contribution in [1.82, 2.24) is 9.21 Å². The van der Waals surface area contributed by atoms with E-state index in [0.717, 1.165) is 35.3 Å². The van der Waals surface area contributed by atoms with Crippen LogP contribution in [0.2, 0.25) is 0 Å². The molecule has 0 atom stereocenters. The third kappa shape index (κ3) is 4.25. The first kappa shape index (κ1) is 21.2. The van der Waals surface area contributed by atoms with Crippen LogP contribution >= 0.6 is 0 Å². The van der Waals surface area contributed by atoms with Crippen LogP contribution in [0.15, 0.2) is 11.0 Å². The second-order valence-corrected chi connectivity index (χ2v) is 9.79. The molecule has 0 aromatic heterocycles. The maximum Gasteiger partial charge on any atom is 0.277 e. The number of amides is 1. The van der Waals surface area contributed by atoms with Gasteiger partial charge >= 0.3 is 0 Å². The highest BCUT2D eigenvalue weighted by Gasteiger charge is 2.33. The Hall–Kier alpha value is -1.48. The fourth-order valence-electron chi connectivity index (χ4n) is 4.04. The number of nitrogens with zero attached hydrogens (tertiary/aromatic N) is 2. The van der Waals surface area contributed by atoms with Gasteiger partial charge in [-0.3, -0.25) is 4.79 Å².